The van der Waals surface area contributed by atoms with Crippen molar-refractivity contribution in [2.45, 2.75) is 44.9 Å². The van der Waals surface area contributed by atoms with Crippen LogP contribution >= 0.6 is 11.3 Å². The van der Waals surface area contributed by atoms with E-state index in [-0.39, 0.29) is 24.2 Å². The lowest BCUT2D eigenvalue weighted by Gasteiger charge is -2.31. The molecule has 0 spiro atoms. The molecular weight excluding hydrogens is 270 g/mol. The van der Waals surface area contributed by atoms with Gasteiger partial charge in [0.25, 0.3) is 0 Å². The number of hydrogen-bond acceptors (Lipinski definition) is 4. The van der Waals surface area contributed by atoms with Crippen molar-refractivity contribution >= 4 is 17.2 Å². The van der Waals surface area contributed by atoms with Crippen LogP contribution < -0.4 is 5.32 Å². The van der Waals surface area contributed by atoms with E-state index in [1.807, 2.05) is 19.0 Å². The number of thiophene rings is 1. The summed E-state index contributed by atoms with van der Waals surface area (Å²) >= 11 is 1.68. The Kier molecular flexibility index (Phi) is 5.18. The molecule has 5 heteroatoms. The molecule has 1 saturated heterocycles. The summed E-state index contributed by atoms with van der Waals surface area (Å²) in [6, 6.07) is 2.28. The van der Waals surface area contributed by atoms with Gasteiger partial charge < -0.3 is 9.80 Å². The standard InChI is InChI=1S/C15H25N3OS/c1-5-6-13-15(19)18(11(2)9-17(3)4)14(16-13)12-7-8-20-10-12/h7-8,10-11,13-14,16H,5-6,9H2,1-4H3. The summed E-state index contributed by atoms with van der Waals surface area (Å²) in [5.74, 6) is 0.248. The highest BCUT2D eigenvalue weighted by atomic mass is 32.1. The number of likely N-dealkylation sites (N-methyl/N-ethyl adjacent to an activating group) is 1. The lowest BCUT2D eigenvalue weighted by Crippen LogP contribution is -2.43. The lowest BCUT2D eigenvalue weighted by molar-refractivity contribution is -0.132. The van der Waals surface area contributed by atoms with Gasteiger partial charge in [0, 0.05) is 12.6 Å². The molecule has 1 aliphatic rings. The Morgan fingerprint density at radius 2 is 2.25 bits per heavy atom. The van der Waals surface area contributed by atoms with Gasteiger partial charge in [-0.25, -0.2) is 0 Å². The summed E-state index contributed by atoms with van der Waals surface area (Å²) in [6.45, 7) is 5.14. The van der Waals surface area contributed by atoms with Gasteiger partial charge in [0.2, 0.25) is 5.91 Å². The highest BCUT2D eigenvalue weighted by molar-refractivity contribution is 7.07. The largest absolute Gasteiger partial charge is 0.318 e. The van der Waals surface area contributed by atoms with E-state index in [0.717, 1.165) is 19.4 Å². The molecule has 1 N–H and O–H groups in total. The van der Waals surface area contributed by atoms with Gasteiger partial charge >= 0.3 is 0 Å². The molecule has 0 radical (unpaired) electrons. The van der Waals surface area contributed by atoms with Gasteiger partial charge in [-0.05, 0) is 49.8 Å². The molecule has 2 heterocycles. The van der Waals surface area contributed by atoms with Crippen LogP contribution in [0, 0.1) is 0 Å². The number of hydrogen-bond donors (Lipinski definition) is 1. The van der Waals surface area contributed by atoms with Crippen LogP contribution in [0.15, 0.2) is 16.8 Å². The molecule has 20 heavy (non-hydrogen) atoms. The Balaban J connectivity index is 2.21. The third-order valence-electron chi connectivity index (χ3n) is 3.73. The van der Waals surface area contributed by atoms with Crippen LogP contribution in [0.1, 0.15) is 38.4 Å². The first-order chi connectivity index (χ1) is 9.54. The molecule has 0 aliphatic carbocycles. The van der Waals surface area contributed by atoms with Crippen molar-refractivity contribution in [3.05, 3.63) is 22.4 Å². The molecule has 1 amide bonds. The van der Waals surface area contributed by atoms with Crippen LogP contribution in [0.2, 0.25) is 0 Å². The van der Waals surface area contributed by atoms with Crippen LogP contribution in [-0.2, 0) is 4.79 Å². The topological polar surface area (TPSA) is 35.6 Å². The zero-order valence-corrected chi connectivity index (χ0v) is 13.6. The maximum Gasteiger partial charge on any atom is 0.241 e. The minimum Gasteiger partial charge on any atom is -0.318 e. The first-order valence-corrected chi connectivity index (χ1v) is 8.24. The van der Waals surface area contributed by atoms with E-state index in [1.165, 1.54) is 5.56 Å². The average molecular weight is 295 g/mol. The molecule has 1 fully saturated rings. The summed E-state index contributed by atoms with van der Waals surface area (Å²) in [5.41, 5.74) is 1.20. The fourth-order valence-electron chi connectivity index (χ4n) is 2.92. The van der Waals surface area contributed by atoms with E-state index in [9.17, 15) is 4.79 Å². The van der Waals surface area contributed by atoms with E-state index in [0.29, 0.717) is 0 Å². The summed E-state index contributed by atoms with van der Waals surface area (Å²) < 4.78 is 0. The Bertz CT molecular complexity index is 432. The smallest absolute Gasteiger partial charge is 0.241 e. The quantitative estimate of drug-likeness (QED) is 0.875. The second kappa shape index (κ2) is 6.70. The van der Waals surface area contributed by atoms with Gasteiger partial charge in [0.1, 0.15) is 6.17 Å². The molecule has 1 aromatic heterocycles. The molecular formula is C15H25N3OS. The van der Waals surface area contributed by atoms with Crippen molar-refractivity contribution in [3.63, 3.8) is 0 Å². The van der Waals surface area contributed by atoms with Gasteiger partial charge in [0.15, 0.2) is 0 Å². The Morgan fingerprint density at radius 3 is 2.80 bits per heavy atom. The molecule has 0 aromatic carbocycles. The summed E-state index contributed by atoms with van der Waals surface area (Å²) in [6.07, 6.45) is 1.96. The summed E-state index contributed by atoms with van der Waals surface area (Å²) in [5, 5.41) is 7.72. The van der Waals surface area contributed by atoms with E-state index in [2.05, 4.69) is 40.9 Å². The van der Waals surface area contributed by atoms with Crippen molar-refractivity contribution < 1.29 is 4.79 Å². The van der Waals surface area contributed by atoms with Crippen LogP contribution in [0.25, 0.3) is 0 Å². The maximum atomic E-state index is 12.7. The third-order valence-corrected chi connectivity index (χ3v) is 4.43. The van der Waals surface area contributed by atoms with Crippen LogP contribution in [-0.4, -0.2) is 48.4 Å². The van der Waals surface area contributed by atoms with Crippen molar-refractivity contribution in [2.75, 3.05) is 20.6 Å². The van der Waals surface area contributed by atoms with E-state index in [1.54, 1.807) is 11.3 Å². The van der Waals surface area contributed by atoms with Gasteiger partial charge in [-0.2, -0.15) is 11.3 Å². The van der Waals surface area contributed by atoms with E-state index < -0.39 is 0 Å². The Labute approximate surface area is 125 Å². The lowest BCUT2D eigenvalue weighted by atomic mass is 10.1. The molecule has 0 saturated carbocycles. The molecule has 3 unspecified atom stereocenters. The monoisotopic (exact) mass is 295 g/mol. The first kappa shape index (κ1) is 15.5. The molecule has 1 aliphatic heterocycles. The van der Waals surface area contributed by atoms with Gasteiger partial charge in [-0.3, -0.25) is 10.1 Å². The highest BCUT2D eigenvalue weighted by Crippen LogP contribution is 2.30. The minimum absolute atomic E-state index is 0.0280. The van der Waals surface area contributed by atoms with Gasteiger partial charge in [-0.1, -0.05) is 13.3 Å². The molecule has 2 rings (SSSR count). The summed E-state index contributed by atoms with van der Waals surface area (Å²) in [4.78, 5) is 16.8. The van der Waals surface area contributed by atoms with Crippen molar-refractivity contribution in [1.82, 2.24) is 15.1 Å². The fraction of sp³-hybridized carbons (Fsp3) is 0.667. The van der Waals surface area contributed by atoms with Crippen molar-refractivity contribution in [2.24, 2.45) is 0 Å². The van der Waals surface area contributed by atoms with Crippen LogP contribution in [0.5, 0.6) is 0 Å². The first-order valence-electron chi connectivity index (χ1n) is 7.29. The number of carbonyl (C=O) groups excluding carboxylic acids is 1. The minimum atomic E-state index is -0.0329. The van der Waals surface area contributed by atoms with E-state index in [4.69, 9.17) is 0 Å². The highest BCUT2D eigenvalue weighted by Gasteiger charge is 2.41. The predicted molar refractivity (Wildman–Crippen MR) is 83.8 cm³/mol. The number of amides is 1. The maximum absolute atomic E-state index is 12.7. The van der Waals surface area contributed by atoms with Crippen LogP contribution in [0.3, 0.4) is 0 Å². The molecule has 3 atom stereocenters. The second-order valence-corrected chi connectivity index (χ2v) is 6.60. The molecule has 4 nitrogen and oxygen atoms in total. The fourth-order valence-corrected chi connectivity index (χ4v) is 3.60. The van der Waals surface area contributed by atoms with E-state index >= 15 is 0 Å². The zero-order valence-electron chi connectivity index (χ0n) is 12.8. The average Bonchev–Trinajstić information content (AvgIpc) is 2.97. The molecule has 112 valence electrons. The number of rotatable bonds is 6. The third kappa shape index (κ3) is 3.22. The van der Waals surface area contributed by atoms with Crippen molar-refractivity contribution in [3.8, 4) is 0 Å². The number of nitrogens with one attached hydrogen (secondary N) is 1. The number of nitrogens with zero attached hydrogens (tertiary/aromatic N) is 2. The normalized spacial score (nSPS) is 24.6. The SMILES string of the molecule is CCCC1NC(c2ccsc2)N(C(C)CN(C)C)C1=O. The zero-order chi connectivity index (χ0) is 14.7. The van der Waals surface area contributed by atoms with Crippen LogP contribution in [0.4, 0.5) is 0 Å². The second-order valence-electron chi connectivity index (χ2n) is 5.82. The molecule has 1 aromatic rings. The summed E-state index contributed by atoms with van der Waals surface area (Å²) in [7, 11) is 4.10. The van der Waals surface area contributed by atoms with Gasteiger partial charge in [-0.15, -0.1) is 0 Å². The number of carbonyl (C=O) groups is 1. The predicted octanol–water partition coefficient (Wildman–Crippen LogP) is 2.30. The molecule has 0 bridgehead atoms. The van der Waals surface area contributed by atoms with Gasteiger partial charge in [0.05, 0.1) is 6.04 Å². The van der Waals surface area contributed by atoms with Crippen molar-refractivity contribution in [1.29, 1.82) is 0 Å². The Morgan fingerprint density at radius 1 is 1.50 bits per heavy atom. The Hall–Kier alpha value is -0.910.